The molecule has 2 N–H and O–H groups in total. The molecule has 2 aromatic carbocycles. The number of carbonyl (C=O) groups is 2. The summed E-state index contributed by atoms with van der Waals surface area (Å²) in [5.41, 5.74) is 1.39. The average molecular weight is 324 g/mol. The van der Waals surface area contributed by atoms with Gasteiger partial charge in [-0.3, -0.25) is 9.59 Å². The molecule has 108 valence electrons. The minimum Gasteiger partial charge on any atom is -0.481 e. The van der Waals surface area contributed by atoms with E-state index in [0.29, 0.717) is 11.3 Å². The predicted molar refractivity (Wildman–Crippen MR) is 82.2 cm³/mol. The third kappa shape index (κ3) is 3.97. The van der Waals surface area contributed by atoms with Crippen molar-refractivity contribution in [2.45, 2.75) is 6.42 Å². The number of carboxylic acids is 1. The molecule has 0 aliphatic rings. The van der Waals surface area contributed by atoms with Gasteiger partial charge in [0.05, 0.1) is 22.0 Å². The molecule has 21 heavy (non-hydrogen) atoms. The normalized spacial score (nSPS) is 10.2. The Hall–Kier alpha value is -2.04. The summed E-state index contributed by atoms with van der Waals surface area (Å²) in [5.74, 6) is -1.33. The molecular weight excluding hydrogens is 313 g/mol. The molecule has 6 heteroatoms. The summed E-state index contributed by atoms with van der Waals surface area (Å²) in [6.07, 6.45) is -0.0649. The van der Waals surface area contributed by atoms with E-state index in [1.165, 1.54) is 0 Å². The number of nitrogens with one attached hydrogen (secondary N) is 1. The molecule has 0 fully saturated rings. The van der Waals surface area contributed by atoms with E-state index in [0.717, 1.165) is 0 Å². The smallest absolute Gasteiger partial charge is 0.307 e. The van der Waals surface area contributed by atoms with E-state index < -0.39 is 11.9 Å². The summed E-state index contributed by atoms with van der Waals surface area (Å²) in [7, 11) is 0. The summed E-state index contributed by atoms with van der Waals surface area (Å²) in [6.45, 7) is 0. The Kier molecular flexibility index (Phi) is 4.83. The molecule has 0 unspecified atom stereocenters. The molecule has 0 radical (unpaired) electrons. The van der Waals surface area contributed by atoms with Crippen LogP contribution in [-0.2, 0) is 11.2 Å². The van der Waals surface area contributed by atoms with E-state index in [2.05, 4.69) is 5.32 Å². The largest absolute Gasteiger partial charge is 0.481 e. The Bertz CT molecular complexity index is 664. The summed E-state index contributed by atoms with van der Waals surface area (Å²) >= 11 is 11.9. The third-order valence-electron chi connectivity index (χ3n) is 2.76. The lowest BCUT2D eigenvalue weighted by Gasteiger charge is -2.08. The van der Waals surface area contributed by atoms with Gasteiger partial charge in [0, 0.05) is 5.69 Å². The van der Waals surface area contributed by atoms with Crippen LogP contribution < -0.4 is 5.32 Å². The van der Waals surface area contributed by atoms with Crippen LogP contribution in [0.4, 0.5) is 5.69 Å². The highest BCUT2D eigenvalue weighted by Gasteiger charge is 2.14. The van der Waals surface area contributed by atoms with Gasteiger partial charge in [-0.05, 0) is 29.8 Å². The monoisotopic (exact) mass is 323 g/mol. The molecule has 2 aromatic rings. The zero-order valence-electron chi connectivity index (χ0n) is 10.8. The first-order valence-corrected chi connectivity index (χ1v) is 6.79. The Morgan fingerprint density at radius 3 is 2.10 bits per heavy atom. The molecule has 0 aromatic heterocycles. The number of rotatable bonds is 4. The average Bonchev–Trinajstić information content (AvgIpc) is 2.40. The van der Waals surface area contributed by atoms with Crippen molar-refractivity contribution < 1.29 is 14.7 Å². The van der Waals surface area contributed by atoms with Crippen LogP contribution in [0.1, 0.15) is 15.9 Å². The lowest BCUT2D eigenvalue weighted by atomic mass is 10.1. The number of amides is 1. The fourth-order valence-electron chi connectivity index (χ4n) is 1.79. The summed E-state index contributed by atoms with van der Waals surface area (Å²) < 4.78 is 0. The molecule has 4 nitrogen and oxygen atoms in total. The van der Waals surface area contributed by atoms with E-state index in [9.17, 15) is 9.59 Å². The Balaban J connectivity index is 2.14. The molecule has 0 atom stereocenters. The van der Waals surface area contributed by atoms with Crippen molar-refractivity contribution >= 4 is 40.8 Å². The topological polar surface area (TPSA) is 66.4 Å². The predicted octanol–water partition coefficient (Wildman–Crippen LogP) is 3.87. The van der Waals surface area contributed by atoms with Gasteiger partial charge in [-0.1, -0.05) is 41.4 Å². The summed E-state index contributed by atoms with van der Waals surface area (Å²) in [6, 6.07) is 11.3. The molecule has 0 heterocycles. The van der Waals surface area contributed by atoms with E-state index in [-0.39, 0.29) is 22.0 Å². The first kappa shape index (κ1) is 15.4. The van der Waals surface area contributed by atoms with E-state index in [1.54, 1.807) is 42.5 Å². The number of carbonyl (C=O) groups excluding carboxylic acids is 1. The molecule has 0 saturated carbocycles. The Morgan fingerprint density at radius 1 is 1.00 bits per heavy atom. The molecule has 0 aliphatic heterocycles. The fraction of sp³-hybridized carbons (Fsp3) is 0.0667. The van der Waals surface area contributed by atoms with Crippen LogP contribution in [0.3, 0.4) is 0 Å². The molecule has 1 amide bonds. The van der Waals surface area contributed by atoms with Gasteiger partial charge in [0.25, 0.3) is 5.91 Å². The van der Waals surface area contributed by atoms with Crippen molar-refractivity contribution in [2.75, 3.05) is 5.32 Å². The zero-order valence-corrected chi connectivity index (χ0v) is 12.3. The lowest BCUT2D eigenvalue weighted by molar-refractivity contribution is -0.136. The van der Waals surface area contributed by atoms with Gasteiger partial charge >= 0.3 is 5.97 Å². The second kappa shape index (κ2) is 6.61. The van der Waals surface area contributed by atoms with Crippen LogP contribution in [0.15, 0.2) is 42.5 Å². The molecule has 0 aliphatic carbocycles. The summed E-state index contributed by atoms with van der Waals surface area (Å²) in [5, 5.41) is 11.9. The molecule has 0 saturated heterocycles. The van der Waals surface area contributed by atoms with Gasteiger partial charge in [0.1, 0.15) is 0 Å². The van der Waals surface area contributed by atoms with Gasteiger partial charge in [-0.25, -0.2) is 0 Å². The van der Waals surface area contributed by atoms with Gasteiger partial charge in [0.2, 0.25) is 0 Å². The molecule has 0 spiro atoms. The van der Waals surface area contributed by atoms with Crippen LogP contribution in [0.2, 0.25) is 10.0 Å². The minimum atomic E-state index is -0.908. The maximum atomic E-state index is 12.1. The number of halogens is 2. The maximum absolute atomic E-state index is 12.1. The van der Waals surface area contributed by atoms with E-state index >= 15 is 0 Å². The molecular formula is C15H11Cl2NO3. The van der Waals surface area contributed by atoms with Gasteiger partial charge in [0.15, 0.2) is 0 Å². The van der Waals surface area contributed by atoms with Crippen molar-refractivity contribution in [2.24, 2.45) is 0 Å². The zero-order chi connectivity index (χ0) is 15.4. The summed E-state index contributed by atoms with van der Waals surface area (Å²) in [4.78, 5) is 22.7. The quantitative estimate of drug-likeness (QED) is 0.897. The van der Waals surface area contributed by atoms with E-state index in [1.807, 2.05) is 0 Å². The van der Waals surface area contributed by atoms with Crippen LogP contribution >= 0.6 is 23.2 Å². The standard InChI is InChI=1S/C15H11Cl2NO3/c16-11-2-1-3-12(17)14(11)15(21)18-10-6-4-9(5-7-10)8-13(19)20/h1-7H,8H2,(H,18,21)(H,19,20). The van der Waals surface area contributed by atoms with Crippen LogP contribution in [0.5, 0.6) is 0 Å². The number of anilines is 1. The highest BCUT2D eigenvalue weighted by Crippen LogP contribution is 2.25. The highest BCUT2D eigenvalue weighted by molar-refractivity contribution is 6.40. The molecule has 0 bridgehead atoms. The van der Waals surface area contributed by atoms with Crippen molar-refractivity contribution in [1.29, 1.82) is 0 Å². The second-order valence-electron chi connectivity index (χ2n) is 4.32. The number of aliphatic carboxylic acids is 1. The number of hydrogen-bond acceptors (Lipinski definition) is 2. The van der Waals surface area contributed by atoms with Gasteiger partial charge in [-0.15, -0.1) is 0 Å². The first-order valence-electron chi connectivity index (χ1n) is 6.03. The minimum absolute atomic E-state index is 0.0649. The van der Waals surface area contributed by atoms with Crippen molar-refractivity contribution in [1.82, 2.24) is 0 Å². The number of benzene rings is 2. The maximum Gasteiger partial charge on any atom is 0.307 e. The third-order valence-corrected chi connectivity index (χ3v) is 3.39. The first-order chi connectivity index (χ1) is 9.97. The highest BCUT2D eigenvalue weighted by atomic mass is 35.5. The van der Waals surface area contributed by atoms with Gasteiger partial charge in [-0.2, -0.15) is 0 Å². The van der Waals surface area contributed by atoms with Crippen LogP contribution in [0, 0.1) is 0 Å². The number of carboxylic acid groups (broad SMARTS) is 1. The molecule has 2 rings (SSSR count). The SMILES string of the molecule is O=C(O)Cc1ccc(NC(=O)c2c(Cl)cccc2Cl)cc1. The van der Waals surface area contributed by atoms with E-state index in [4.69, 9.17) is 28.3 Å². The lowest BCUT2D eigenvalue weighted by Crippen LogP contribution is -2.13. The van der Waals surface area contributed by atoms with Crippen molar-refractivity contribution in [3.8, 4) is 0 Å². The van der Waals surface area contributed by atoms with Crippen molar-refractivity contribution in [3.05, 3.63) is 63.6 Å². The Morgan fingerprint density at radius 2 is 1.57 bits per heavy atom. The second-order valence-corrected chi connectivity index (χ2v) is 5.13. The Labute approximate surface area is 131 Å². The fourth-order valence-corrected chi connectivity index (χ4v) is 2.36. The van der Waals surface area contributed by atoms with Crippen LogP contribution in [0.25, 0.3) is 0 Å². The number of hydrogen-bond donors (Lipinski definition) is 2. The van der Waals surface area contributed by atoms with Crippen LogP contribution in [-0.4, -0.2) is 17.0 Å². The van der Waals surface area contributed by atoms with Crippen molar-refractivity contribution in [3.63, 3.8) is 0 Å². The van der Waals surface area contributed by atoms with Gasteiger partial charge < -0.3 is 10.4 Å².